The minimum Gasteiger partial charge on any atom is -0.325 e. The molecule has 0 saturated heterocycles. The van der Waals surface area contributed by atoms with Crippen molar-refractivity contribution < 1.29 is 4.79 Å². The minimum atomic E-state index is -0.117. The summed E-state index contributed by atoms with van der Waals surface area (Å²) in [4.78, 5) is 17.7. The number of carbonyl (C=O) groups excluding carboxylic acids is 1. The predicted molar refractivity (Wildman–Crippen MR) is 134 cm³/mol. The molecule has 9 heteroatoms. The molecule has 1 aliphatic heterocycles. The van der Waals surface area contributed by atoms with Crippen molar-refractivity contribution in [3.8, 4) is 11.4 Å². The number of nitrogens with one attached hydrogen (secondary N) is 1. The van der Waals surface area contributed by atoms with Gasteiger partial charge in [0, 0.05) is 24.2 Å². The van der Waals surface area contributed by atoms with Crippen LogP contribution < -0.4 is 5.32 Å². The minimum absolute atomic E-state index is 0.117. The van der Waals surface area contributed by atoms with Gasteiger partial charge in [-0.2, -0.15) is 11.8 Å². The summed E-state index contributed by atoms with van der Waals surface area (Å²) >= 11 is 8.22. The van der Waals surface area contributed by atoms with Crippen LogP contribution in [0.4, 0.5) is 5.69 Å². The topological polar surface area (TPSA) is 77.6 Å². The highest BCUT2D eigenvalue weighted by Gasteiger charge is 2.19. The van der Waals surface area contributed by atoms with Gasteiger partial charge < -0.3 is 14.5 Å². The van der Waals surface area contributed by atoms with E-state index in [-0.39, 0.29) is 12.5 Å². The number of aryl methyl sites for hydroxylation is 1. The molecule has 1 N–H and O–H groups in total. The maximum atomic E-state index is 13.0. The molecule has 0 unspecified atom stereocenters. The van der Waals surface area contributed by atoms with Crippen LogP contribution in [0.15, 0.2) is 42.5 Å². The van der Waals surface area contributed by atoms with Crippen molar-refractivity contribution >= 4 is 46.0 Å². The Labute approximate surface area is 201 Å². The van der Waals surface area contributed by atoms with E-state index < -0.39 is 0 Å². The quantitative estimate of drug-likeness (QED) is 0.411. The van der Waals surface area contributed by atoms with Gasteiger partial charge in [-0.15, -0.1) is 10.2 Å². The lowest BCUT2D eigenvalue weighted by molar-refractivity contribution is -0.116. The van der Waals surface area contributed by atoms with Crippen LogP contribution >= 0.6 is 23.4 Å². The van der Waals surface area contributed by atoms with Gasteiger partial charge >= 0.3 is 0 Å². The number of aromatic nitrogens is 5. The Balaban J connectivity index is 1.40. The van der Waals surface area contributed by atoms with E-state index in [2.05, 4.69) is 20.1 Å². The molecule has 0 aliphatic carbocycles. The van der Waals surface area contributed by atoms with E-state index in [1.165, 1.54) is 6.42 Å². The van der Waals surface area contributed by atoms with E-state index in [9.17, 15) is 4.79 Å². The molecule has 0 spiro atoms. The molecule has 33 heavy (non-hydrogen) atoms. The van der Waals surface area contributed by atoms with E-state index in [1.54, 1.807) is 17.8 Å². The second-order valence-corrected chi connectivity index (χ2v) is 9.45. The summed E-state index contributed by atoms with van der Waals surface area (Å²) in [5.74, 6) is 3.28. The predicted octanol–water partition coefficient (Wildman–Crippen LogP) is 5.18. The SMILES string of the molecule is CSCc1nc2ccccc2n1CC(=O)Nc1ccc(Cl)c(-c2nnc3n2CCCCC3)c1. The van der Waals surface area contributed by atoms with Crippen molar-refractivity contribution in [2.24, 2.45) is 0 Å². The number of nitrogens with zero attached hydrogens (tertiary/aromatic N) is 5. The smallest absolute Gasteiger partial charge is 0.244 e. The van der Waals surface area contributed by atoms with E-state index in [0.29, 0.717) is 10.7 Å². The van der Waals surface area contributed by atoms with Crippen LogP contribution in [0.2, 0.25) is 5.02 Å². The molecule has 3 heterocycles. The molecule has 0 fully saturated rings. The number of amides is 1. The number of carbonyl (C=O) groups is 1. The highest BCUT2D eigenvalue weighted by molar-refractivity contribution is 7.97. The molecule has 0 radical (unpaired) electrons. The third kappa shape index (κ3) is 4.50. The fourth-order valence-electron chi connectivity index (χ4n) is 4.34. The zero-order valence-corrected chi connectivity index (χ0v) is 20.0. The van der Waals surface area contributed by atoms with E-state index in [0.717, 1.165) is 65.6 Å². The Bertz CT molecular complexity index is 1310. The molecule has 7 nitrogen and oxygen atoms in total. The third-order valence-corrected chi connectivity index (χ3v) is 6.79. The van der Waals surface area contributed by atoms with Gasteiger partial charge in [0.1, 0.15) is 18.2 Å². The molecular formula is C24H25ClN6OS. The first kappa shape index (κ1) is 22.0. The first-order valence-corrected chi connectivity index (χ1v) is 12.9. The van der Waals surface area contributed by atoms with Crippen molar-refractivity contribution in [2.75, 3.05) is 11.6 Å². The average Bonchev–Trinajstić information content (AvgIpc) is 3.27. The normalized spacial score (nSPS) is 13.6. The van der Waals surface area contributed by atoms with Crippen LogP contribution in [0.1, 0.15) is 30.9 Å². The Morgan fingerprint density at radius 1 is 1.15 bits per heavy atom. The Kier molecular flexibility index (Phi) is 6.37. The number of benzene rings is 2. The summed E-state index contributed by atoms with van der Waals surface area (Å²) in [6.45, 7) is 1.07. The van der Waals surface area contributed by atoms with Crippen molar-refractivity contribution in [3.05, 3.63) is 59.1 Å². The van der Waals surface area contributed by atoms with Crippen molar-refractivity contribution in [1.29, 1.82) is 0 Å². The molecule has 0 bridgehead atoms. The molecule has 1 amide bonds. The van der Waals surface area contributed by atoms with Gasteiger partial charge in [-0.25, -0.2) is 4.98 Å². The Morgan fingerprint density at radius 2 is 2.03 bits per heavy atom. The molecule has 1 aliphatic rings. The van der Waals surface area contributed by atoms with Crippen LogP contribution in [-0.2, 0) is 30.1 Å². The summed E-state index contributed by atoms with van der Waals surface area (Å²) in [5.41, 5.74) is 3.32. The zero-order valence-electron chi connectivity index (χ0n) is 18.4. The lowest BCUT2D eigenvalue weighted by Crippen LogP contribution is -2.20. The van der Waals surface area contributed by atoms with E-state index in [1.807, 2.05) is 47.2 Å². The summed E-state index contributed by atoms with van der Waals surface area (Å²) in [6.07, 6.45) is 6.38. The van der Waals surface area contributed by atoms with Gasteiger partial charge in [-0.3, -0.25) is 4.79 Å². The Morgan fingerprint density at radius 3 is 2.91 bits per heavy atom. The average molecular weight is 481 g/mol. The monoisotopic (exact) mass is 480 g/mol. The summed E-state index contributed by atoms with van der Waals surface area (Å²) in [6, 6.07) is 13.4. The molecule has 0 atom stereocenters. The van der Waals surface area contributed by atoms with Gasteiger partial charge in [0.2, 0.25) is 5.91 Å². The van der Waals surface area contributed by atoms with Crippen LogP contribution in [-0.4, -0.2) is 36.5 Å². The number of hydrogen-bond acceptors (Lipinski definition) is 5. The van der Waals surface area contributed by atoms with Crippen molar-refractivity contribution in [2.45, 2.75) is 44.5 Å². The lowest BCUT2D eigenvalue weighted by atomic mass is 10.1. The molecule has 0 saturated carbocycles. The number of rotatable bonds is 6. The standard InChI is InChI=1S/C24H25ClN6OS/c1-33-15-22-27-19-7-4-5-8-20(19)31(22)14-23(32)26-16-10-11-18(25)17(13-16)24-29-28-21-9-3-2-6-12-30(21)24/h4-5,7-8,10-11,13H,2-3,6,9,12,14-15H2,1H3,(H,26,32). The number of thioether (sulfide) groups is 1. The van der Waals surface area contributed by atoms with Crippen molar-refractivity contribution in [1.82, 2.24) is 24.3 Å². The zero-order chi connectivity index (χ0) is 22.8. The largest absolute Gasteiger partial charge is 0.325 e. The van der Waals surface area contributed by atoms with Crippen LogP contribution in [0.25, 0.3) is 22.4 Å². The molecule has 2 aromatic carbocycles. The first-order chi connectivity index (χ1) is 16.1. The molecule has 5 rings (SSSR count). The highest BCUT2D eigenvalue weighted by atomic mass is 35.5. The number of fused-ring (bicyclic) bond motifs is 2. The molecule has 2 aromatic heterocycles. The molecule has 170 valence electrons. The van der Waals surface area contributed by atoms with Gasteiger partial charge in [0.15, 0.2) is 5.82 Å². The summed E-state index contributed by atoms with van der Waals surface area (Å²) in [7, 11) is 0. The van der Waals surface area contributed by atoms with Gasteiger partial charge in [0.05, 0.1) is 21.8 Å². The maximum Gasteiger partial charge on any atom is 0.244 e. The van der Waals surface area contributed by atoms with E-state index >= 15 is 0 Å². The maximum absolute atomic E-state index is 13.0. The van der Waals surface area contributed by atoms with Crippen LogP contribution in [0.5, 0.6) is 0 Å². The van der Waals surface area contributed by atoms with Gasteiger partial charge in [-0.05, 0) is 49.4 Å². The van der Waals surface area contributed by atoms with Gasteiger partial charge in [-0.1, -0.05) is 30.2 Å². The summed E-state index contributed by atoms with van der Waals surface area (Å²) < 4.78 is 4.14. The fraction of sp³-hybridized carbons (Fsp3) is 0.333. The highest BCUT2D eigenvalue weighted by Crippen LogP contribution is 2.31. The van der Waals surface area contributed by atoms with Gasteiger partial charge in [0.25, 0.3) is 0 Å². The number of halogens is 1. The van der Waals surface area contributed by atoms with Crippen molar-refractivity contribution in [3.63, 3.8) is 0 Å². The number of anilines is 1. The van der Waals surface area contributed by atoms with Crippen LogP contribution in [0.3, 0.4) is 0 Å². The Hall–Kier alpha value is -2.84. The number of hydrogen-bond donors (Lipinski definition) is 1. The lowest BCUT2D eigenvalue weighted by Gasteiger charge is -2.12. The third-order valence-electron chi connectivity index (χ3n) is 5.91. The van der Waals surface area contributed by atoms with E-state index in [4.69, 9.17) is 16.6 Å². The number of para-hydroxylation sites is 2. The summed E-state index contributed by atoms with van der Waals surface area (Å²) in [5, 5.41) is 12.4. The molecular weight excluding hydrogens is 456 g/mol. The second kappa shape index (κ2) is 9.57. The fourth-order valence-corrected chi connectivity index (χ4v) is 5.02. The second-order valence-electron chi connectivity index (χ2n) is 8.18. The molecule has 4 aromatic rings. The number of imidazole rings is 1. The van der Waals surface area contributed by atoms with Crippen LogP contribution in [0, 0.1) is 0 Å². The first-order valence-electron chi connectivity index (χ1n) is 11.1.